The fraction of sp³-hybridized carbons (Fsp3) is 0.600. The van der Waals surface area contributed by atoms with Gasteiger partial charge in [-0.05, 0) is 50.8 Å². The standard InChI is InChI=1S/C15H24N2/c1-13(16)11-14-7-9-17(10-8-14)12-15-5-3-2-4-6-15/h2-6,13-14H,7-12,16H2,1H3/t13-/m0/s1. The molecule has 1 aromatic carbocycles. The number of rotatable bonds is 4. The van der Waals surface area contributed by atoms with E-state index in [9.17, 15) is 0 Å². The van der Waals surface area contributed by atoms with E-state index in [0.29, 0.717) is 6.04 Å². The van der Waals surface area contributed by atoms with Crippen LogP contribution in [0, 0.1) is 5.92 Å². The molecule has 0 unspecified atom stereocenters. The minimum absolute atomic E-state index is 0.362. The van der Waals surface area contributed by atoms with Gasteiger partial charge in [0.25, 0.3) is 0 Å². The molecule has 1 atom stereocenters. The molecule has 0 aliphatic carbocycles. The SMILES string of the molecule is C[C@H](N)CC1CCN(Cc2ccccc2)CC1. The van der Waals surface area contributed by atoms with Gasteiger partial charge in [-0.15, -0.1) is 0 Å². The van der Waals surface area contributed by atoms with Crippen LogP contribution in [-0.4, -0.2) is 24.0 Å². The molecule has 1 saturated heterocycles. The Morgan fingerprint density at radius 1 is 1.24 bits per heavy atom. The van der Waals surface area contributed by atoms with Crippen LogP contribution in [0.15, 0.2) is 30.3 Å². The molecule has 1 aliphatic heterocycles. The van der Waals surface area contributed by atoms with Gasteiger partial charge < -0.3 is 5.73 Å². The predicted octanol–water partition coefficient (Wildman–Crippen LogP) is 2.64. The van der Waals surface area contributed by atoms with Crippen molar-refractivity contribution in [3.05, 3.63) is 35.9 Å². The molecule has 0 radical (unpaired) electrons. The zero-order valence-corrected chi connectivity index (χ0v) is 10.8. The maximum absolute atomic E-state index is 5.87. The minimum Gasteiger partial charge on any atom is -0.328 e. The smallest absolute Gasteiger partial charge is 0.0233 e. The van der Waals surface area contributed by atoms with Crippen LogP contribution in [0.3, 0.4) is 0 Å². The number of hydrogen-bond acceptors (Lipinski definition) is 2. The van der Waals surface area contributed by atoms with Crippen molar-refractivity contribution in [1.82, 2.24) is 4.90 Å². The second-order valence-corrected chi connectivity index (χ2v) is 5.42. The second-order valence-electron chi connectivity index (χ2n) is 5.42. The first kappa shape index (κ1) is 12.6. The van der Waals surface area contributed by atoms with E-state index in [-0.39, 0.29) is 0 Å². The van der Waals surface area contributed by atoms with Crippen molar-refractivity contribution in [2.24, 2.45) is 11.7 Å². The Kier molecular flexibility index (Phi) is 4.57. The van der Waals surface area contributed by atoms with Crippen LogP contribution in [0.2, 0.25) is 0 Å². The zero-order chi connectivity index (χ0) is 12.1. The summed E-state index contributed by atoms with van der Waals surface area (Å²) in [6.45, 7) is 5.68. The first-order valence-corrected chi connectivity index (χ1v) is 6.76. The van der Waals surface area contributed by atoms with Crippen LogP contribution in [0.5, 0.6) is 0 Å². The minimum atomic E-state index is 0.362. The molecule has 1 aliphatic rings. The summed E-state index contributed by atoms with van der Waals surface area (Å²) >= 11 is 0. The van der Waals surface area contributed by atoms with Gasteiger partial charge in [0.05, 0.1) is 0 Å². The Balaban J connectivity index is 1.76. The van der Waals surface area contributed by atoms with E-state index in [1.54, 1.807) is 0 Å². The van der Waals surface area contributed by atoms with Gasteiger partial charge >= 0.3 is 0 Å². The molecule has 0 amide bonds. The number of nitrogens with zero attached hydrogens (tertiary/aromatic N) is 1. The number of nitrogens with two attached hydrogens (primary N) is 1. The fourth-order valence-corrected chi connectivity index (χ4v) is 2.75. The molecular weight excluding hydrogens is 208 g/mol. The summed E-state index contributed by atoms with van der Waals surface area (Å²) < 4.78 is 0. The molecule has 0 aromatic heterocycles. The normalized spacial score (nSPS) is 20.4. The lowest BCUT2D eigenvalue weighted by Gasteiger charge is -2.32. The van der Waals surface area contributed by atoms with Crippen molar-refractivity contribution in [1.29, 1.82) is 0 Å². The van der Waals surface area contributed by atoms with E-state index >= 15 is 0 Å². The number of piperidine rings is 1. The summed E-state index contributed by atoms with van der Waals surface area (Å²) in [5, 5.41) is 0. The van der Waals surface area contributed by atoms with E-state index < -0.39 is 0 Å². The average Bonchev–Trinajstić information content (AvgIpc) is 2.32. The summed E-state index contributed by atoms with van der Waals surface area (Å²) in [7, 11) is 0. The summed E-state index contributed by atoms with van der Waals surface area (Å²) in [6, 6.07) is 11.1. The van der Waals surface area contributed by atoms with Crippen molar-refractivity contribution >= 4 is 0 Å². The molecule has 0 saturated carbocycles. The van der Waals surface area contributed by atoms with Crippen molar-refractivity contribution in [2.45, 2.75) is 38.8 Å². The summed E-state index contributed by atoms with van der Waals surface area (Å²) in [5.74, 6) is 0.849. The van der Waals surface area contributed by atoms with E-state index in [1.807, 2.05) is 0 Å². The van der Waals surface area contributed by atoms with Crippen LogP contribution < -0.4 is 5.73 Å². The zero-order valence-electron chi connectivity index (χ0n) is 10.8. The Morgan fingerprint density at radius 3 is 2.47 bits per heavy atom. The van der Waals surface area contributed by atoms with Crippen molar-refractivity contribution in [2.75, 3.05) is 13.1 Å². The first-order valence-electron chi connectivity index (χ1n) is 6.76. The summed E-state index contributed by atoms with van der Waals surface area (Å²) in [4.78, 5) is 2.56. The van der Waals surface area contributed by atoms with Crippen molar-refractivity contribution in [3.63, 3.8) is 0 Å². The van der Waals surface area contributed by atoms with Crippen molar-refractivity contribution < 1.29 is 0 Å². The van der Waals surface area contributed by atoms with Crippen molar-refractivity contribution in [3.8, 4) is 0 Å². The summed E-state index contributed by atoms with van der Waals surface area (Å²) in [6.07, 6.45) is 3.82. The molecule has 1 fully saturated rings. The van der Waals surface area contributed by atoms with Gasteiger partial charge in [-0.1, -0.05) is 30.3 Å². The quantitative estimate of drug-likeness (QED) is 0.864. The predicted molar refractivity (Wildman–Crippen MR) is 72.7 cm³/mol. The maximum atomic E-state index is 5.87. The number of likely N-dealkylation sites (tertiary alicyclic amines) is 1. The molecule has 94 valence electrons. The molecule has 2 nitrogen and oxygen atoms in total. The third kappa shape index (κ3) is 4.14. The Labute approximate surface area is 105 Å². The van der Waals surface area contributed by atoms with Gasteiger partial charge in [-0.25, -0.2) is 0 Å². The van der Waals surface area contributed by atoms with Gasteiger partial charge in [0.2, 0.25) is 0 Å². The van der Waals surface area contributed by atoms with Gasteiger partial charge in [0, 0.05) is 12.6 Å². The average molecular weight is 232 g/mol. The highest BCUT2D eigenvalue weighted by atomic mass is 15.1. The summed E-state index contributed by atoms with van der Waals surface area (Å²) in [5.41, 5.74) is 7.30. The van der Waals surface area contributed by atoms with E-state index in [0.717, 1.165) is 12.5 Å². The second kappa shape index (κ2) is 6.18. The van der Waals surface area contributed by atoms with Crippen LogP contribution in [0.1, 0.15) is 31.7 Å². The van der Waals surface area contributed by atoms with E-state index in [4.69, 9.17) is 5.73 Å². The van der Waals surface area contributed by atoms with Crippen LogP contribution in [0.4, 0.5) is 0 Å². The van der Waals surface area contributed by atoms with Gasteiger partial charge in [-0.3, -0.25) is 4.90 Å². The molecular formula is C15H24N2. The van der Waals surface area contributed by atoms with Gasteiger partial charge in [0.1, 0.15) is 0 Å². The van der Waals surface area contributed by atoms with Crippen LogP contribution in [-0.2, 0) is 6.54 Å². The first-order chi connectivity index (χ1) is 8.24. The maximum Gasteiger partial charge on any atom is 0.0233 e. The van der Waals surface area contributed by atoms with Crippen LogP contribution >= 0.6 is 0 Å². The molecule has 0 bridgehead atoms. The number of benzene rings is 1. The van der Waals surface area contributed by atoms with Gasteiger partial charge in [0.15, 0.2) is 0 Å². The fourth-order valence-electron chi connectivity index (χ4n) is 2.75. The molecule has 1 heterocycles. The molecule has 0 spiro atoms. The Morgan fingerprint density at radius 2 is 1.88 bits per heavy atom. The van der Waals surface area contributed by atoms with E-state index in [2.05, 4.69) is 42.2 Å². The Bertz CT molecular complexity index is 313. The van der Waals surface area contributed by atoms with Gasteiger partial charge in [-0.2, -0.15) is 0 Å². The highest BCUT2D eigenvalue weighted by Gasteiger charge is 2.19. The Hall–Kier alpha value is -0.860. The molecule has 1 aromatic rings. The third-order valence-electron chi connectivity index (χ3n) is 3.66. The lowest BCUT2D eigenvalue weighted by molar-refractivity contribution is 0.169. The lowest BCUT2D eigenvalue weighted by atomic mass is 9.91. The molecule has 17 heavy (non-hydrogen) atoms. The molecule has 2 N–H and O–H groups in total. The molecule has 2 heteroatoms. The van der Waals surface area contributed by atoms with Crippen LogP contribution in [0.25, 0.3) is 0 Å². The third-order valence-corrected chi connectivity index (χ3v) is 3.66. The highest BCUT2D eigenvalue weighted by molar-refractivity contribution is 5.14. The number of hydrogen-bond donors (Lipinski definition) is 1. The highest BCUT2D eigenvalue weighted by Crippen LogP contribution is 2.22. The monoisotopic (exact) mass is 232 g/mol. The molecule has 2 rings (SSSR count). The lowest BCUT2D eigenvalue weighted by Crippen LogP contribution is -2.35. The van der Waals surface area contributed by atoms with E-state index in [1.165, 1.54) is 37.9 Å². The topological polar surface area (TPSA) is 29.3 Å². The largest absolute Gasteiger partial charge is 0.328 e.